The Balaban J connectivity index is 2.93. The summed E-state index contributed by atoms with van der Waals surface area (Å²) in [7, 11) is 0. The number of phenolic OH excluding ortho intramolecular Hbond substituents is 1. The molecular formula is C14H22N2O2. The molecular weight excluding hydrogens is 228 g/mol. The van der Waals surface area contributed by atoms with Crippen LogP contribution in [-0.2, 0) is 4.79 Å². The molecule has 1 amide bonds. The fourth-order valence-electron chi connectivity index (χ4n) is 2.00. The Morgan fingerprint density at radius 2 is 2.00 bits per heavy atom. The van der Waals surface area contributed by atoms with E-state index in [1.54, 1.807) is 18.2 Å². The predicted molar refractivity (Wildman–Crippen MR) is 73.5 cm³/mol. The molecule has 0 spiro atoms. The molecule has 0 heterocycles. The van der Waals surface area contributed by atoms with Gasteiger partial charge in [0, 0.05) is 12.2 Å². The second-order valence-corrected chi connectivity index (χ2v) is 4.64. The van der Waals surface area contributed by atoms with Gasteiger partial charge in [0.2, 0.25) is 5.91 Å². The molecule has 0 aliphatic carbocycles. The van der Waals surface area contributed by atoms with Crippen LogP contribution in [-0.4, -0.2) is 17.6 Å². The maximum absolute atomic E-state index is 12.3. The van der Waals surface area contributed by atoms with Crippen molar-refractivity contribution in [3.63, 3.8) is 0 Å². The largest absolute Gasteiger partial charge is 0.508 e. The molecule has 0 saturated heterocycles. The second-order valence-electron chi connectivity index (χ2n) is 4.64. The first-order chi connectivity index (χ1) is 8.49. The maximum Gasteiger partial charge on any atom is 0.231 e. The standard InChI is InChI=1S/C14H22N2O2/c1-4-14(5-2,9-15)13(18)16-12-7-6-11(17)8-10(12)3/h6-8,17H,4-5,9,15H2,1-3H3,(H,16,18). The molecule has 4 nitrogen and oxygen atoms in total. The summed E-state index contributed by atoms with van der Waals surface area (Å²) < 4.78 is 0. The van der Waals surface area contributed by atoms with Gasteiger partial charge >= 0.3 is 0 Å². The fraction of sp³-hybridized carbons (Fsp3) is 0.500. The van der Waals surface area contributed by atoms with Crippen molar-refractivity contribution in [3.05, 3.63) is 23.8 Å². The first kappa shape index (κ1) is 14.5. The van der Waals surface area contributed by atoms with Gasteiger partial charge in [-0.1, -0.05) is 13.8 Å². The highest BCUT2D eigenvalue weighted by molar-refractivity contribution is 5.96. The zero-order valence-corrected chi connectivity index (χ0v) is 11.3. The van der Waals surface area contributed by atoms with Crippen molar-refractivity contribution in [2.75, 3.05) is 11.9 Å². The van der Waals surface area contributed by atoms with Gasteiger partial charge in [-0.3, -0.25) is 4.79 Å². The topological polar surface area (TPSA) is 75.4 Å². The highest BCUT2D eigenvalue weighted by atomic mass is 16.3. The van der Waals surface area contributed by atoms with E-state index < -0.39 is 5.41 Å². The third kappa shape index (κ3) is 2.82. The van der Waals surface area contributed by atoms with Crippen LogP contribution in [0, 0.1) is 12.3 Å². The van der Waals surface area contributed by atoms with Crippen LogP contribution in [0.3, 0.4) is 0 Å². The van der Waals surface area contributed by atoms with Gasteiger partial charge in [-0.15, -0.1) is 0 Å². The molecule has 0 atom stereocenters. The van der Waals surface area contributed by atoms with E-state index in [0.717, 1.165) is 11.3 Å². The van der Waals surface area contributed by atoms with E-state index in [-0.39, 0.29) is 11.7 Å². The Hall–Kier alpha value is -1.55. The summed E-state index contributed by atoms with van der Waals surface area (Å²) in [4.78, 5) is 12.3. The third-order valence-corrected chi connectivity index (χ3v) is 3.68. The van der Waals surface area contributed by atoms with Crippen LogP contribution >= 0.6 is 0 Å². The van der Waals surface area contributed by atoms with Gasteiger partial charge in [-0.05, 0) is 43.5 Å². The van der Waals surface area contributed by atoms with E-state index >= 15 is 0 Å². The van der Waals surface area contributed by atoms with Gasteiger partial charge in [0.25, 0.3) is 0 Å². The summed E-state index contributed by atoms with van der Waals surface area (Å²) in [6.07, 6.45) is 1.42. The number of nitrogens with two attached hydrogens (primary N) is 1. The van der Waals surface area contributed by atoms with Crippen LogP contribution in [0.5, 0.6) is 5.75 Å². The Labute approximate surface area is 108 Å². The van der Waals surface area contributed by atoms with Crippen LogP contribution in [0.1, 0.15) is 32.3 Å². The monoisotopic (exact) mass is 250 g/mol. The normalized spacial score (nSPS) is 11.3. The summed E-state index contributed by atoms with van der Waals surface area (Å²) in [5.74, 6) is 0.144. The van der Waals surface area contributed by atoms with Crippen LogP contribution in [0.4, 0.5) is 5.69 Å². The molecule has 0 saturated carbocycles. The summed E-state index contributed by atoms with van der Waals surface area (Å²) >= 11 is 0. The van der Waals surface area contributed by atoms with E-state index in [4.69, 9.17) is 5.73 Å². The minimum Gasteiger partial charge on any atom is -0.508 e. The first-order valence-corrected chi connectivity index (χ1v) is 6.30. The van der Waals surface area contributed by atoms with E-state index in [2.05, 4.69) is 5.32 Å². The number of amides is 1. The number of carbonyl (C=O) groups excluding carboxylic acids is 1. The number of benzene rings is 1. The molecule has 18 heavy (non-hydrogen) atoms. The molecule has 0 unspecified atom stereocenters. The van der Waals surface area contributed by atoms with Crippen LogP contribution in [0.2, 0.25) is 0 Å². The summed E-state index contributed by atoms with van der Waals surface area (Å²) in [5.41, 5.74) is 6.79. The zero-order valence-electron chi connectivity index (χ0n) is 11.3. The average Bonchev–Trinajstić information content (AvgIpc) is 2.36. The van der Waals surface area contributed by atoms with Crippen molar-refractivity contribution < 1.29 is 9.90 Å². The molecule has 0 aliphatic heterocycles. The molecule has 0 aromatic heterocycles. The van der Waals surface area contributed by atoms with Crippen LogP contribution < -0.4 is 11.1 Å². The summed E-state index contributed by atoms with van der Waals surface area (Å²) in [5, 5.41) is 12.2. The van der Waals surface area contributed by atoms with Crippen LogP contribution in [0.25, 0.3) is 0 Å². The lowest BCUT2D eigenvalue weighted by Gasteiger charge is -2.28. The predicted octanol–water partition coefficient (Wildman–Crippen LogP) is 2.40. The number of phenols is 1. The third-order valence-electron chi connectivity index (χ3n) is 3.68. The number of nitrogens with one attached hydrogen (secondary N) is 1. The van der Waals surface area contributed by atoms with Crippen molar-refractivity contribution in [2.24, 2.45) is 11.1 Å². The highest BCUT2D eigenvalue weighted by Crippen LogP contribution is 2.28. The van der Waals surface area contributed by atoms with Crippen molar-refractivity contribution in [1.82, 2.24) is 0 Å². The smallest absolute Gasteiger partial charge is 0.231 e. The first-order valence-electron chi connectivity index (χ1n) is 6.30. The zero-order chi connectivity index (χ0) is 13.8. The minimum absolute atomic E-state index is 0.0520. The molecule has 4 heteroatoms. The molecule has 0 radical (unpaired) electrons. The van der Waals surface area contributed by atoms with E-state index in [1.165, 1.54) is 0 Å². The SMILES string of the molecule is CCC(CC)(CN)C(=O)Nc1ccc(O)cc1C. The Bertz CT molecular complexity index is 418. The van der Waals surface area contributed by atoms with Gasteiger partial charge in [-0.2, -0.15) is 0 Å². The second kappa shape index (κ2) is 5.87. The Morgan fingerprint density at radius 1 is 1.39 bits per heavy atom. The van der Waals surface area contributed by atoms with Gasteiger partial charge in [0.05, 0.1) is 5.41 Å². The highest BCUT2D eigenvalue weighted by Gasteiger charge is 2.33. The lowest BCUT2D eigenvalue weighted by Crippen LogP contribution is -2.41. The molecule has 0 bridgehead atoms. The summed E-state index contributed by atoms with van der Waals surface area (Å²) in [6, 6.07) is 4.89. The van der Waals surface area contributed by atoms with Crippen molar-refractivity contribution in [3.8, 4) is 5.75 Å². The maximum atomic E-state index is 12.3. The van der Waals surface area contributed by atoms with Gasteiger partial charge in [0.1, 0.15) is 5.75 Å². The average molecular weight is 250 g/mol. The molecule has 1 aromatic carbocycles. The quantitative estimate of drug-likeness (QED) is 0.702. The molecule has 0 fully saturated rings. The summed E-state index contributed by atoms with van der Waals surface area (Å²) in [6.45, 7) is 6.12. The molecule has 1 aromatic rings. The molecule has 0 aliphatic rings. The fourth-order valence-corrected chi connectivity index (χ4v) is 2.00. The lowest BCUT2D eigenvalue weighted by molar-refractivity contribution is -0.125. The molecule has 4 N–H and O–H groups in total. The number of aromatic hydroxyl groups is 1. The number of carbonyl (C=O) groups is 1. The van der Waals surface area contributed by atoms with Gasteiger partial charge in [-0.25, -0.2) is 0 Å². The van der Waals surface area contributed by atoms with Crippen molar-refractivity contribution in [1.29, 1.82) is 0 Å². The van der Waals surface area contributed by atoms with Crippen molar-refractivity contribution in [2.45, 2.75) is 33.6 Å². The number of aryl methyl sites for hydroxylation is 1. The van der Waals surface area contributed by atoms with Crippen molar-refractivity contribution >= 4 is 11.6 Å². The number of hydrogen-bond donors (Lipinski definition) is 3. The molecule has 100 valence electrons. The van der Waals surface area contributed by atoms with E-state index in [9.17, 15) is 9.90 Å². The van der Waals surface area contributed by atoms with Gasteiger partial charge in [0.15, 0.2) is 0 Å². The Kier molecular flexibility index (Phi) is 4.73. The Morgan fingerprint density at radius 3 is 2.44 bits per heavy atom. The van der Waals surface area contributed by atoms with E-state index in [1.807, 2.05) is 20.8 Å². The van der Waals surface area contributed by atoms with Crippen LogP contribution in [0.15, 0.2) is 18.2 Å². The van der Waals surface area contributed by atoms with Gasteiger partial charge < -0.3 is 16.2 Å². The van der Waals surface area contributed by atoms with E-state index in [0.29, 0.717) is 19.4 Å². The minimum atomic E-state index is -0.510. The number of hydrogen-bond acceptors (Lipinski definition) is 3. The number of rotatable bonds is 5. The number of anilines is 1. The lowest BCUT2D eigenvalue weighted by atomic mass is 9.81. The molecule has 1 rings (SSSR count).